The van der Waals surface area contributed by atoms with Crippen LogP contribution in [0.5, 0.6) is 0 Å². The fourth-order valence-corrected chi connectivity index (χ4v) is 4.32. The summed E-state index contributed by atoms with van der Waals surface area (Å²) in [5, 5.41) is 2.95. The second-order valence-electron chi connectivity index (χ2n) is 7.00. The molecular weight excluding hydrogens is 398 g/mol. The first-order valence-corrected chi connectivity index (χ1v) is 10.9. The van der Waals surface area contributed by atoms with Gasteiger partial charge >= 0.3 is 0 Å². The van der Waals surface area contributed by atoms with Crippen LogP contribution < -0.4 is 5.32 Å². The van der Waals surface area contributed by atoms with E-state index in [1.54, 1.807) is 36.7 Å². The lowest BCUT2D eigenvalue weighted by Gasteiger charge is -2.06. The molecule has 0 saturated carbocycles. The molecule has 0 atom stereocenters. The molecule has 1 N–H and O–H groups in total. The van der Waals surface area contributed by atoms with Crippen molar-refractivity contribution in [2.45, 2.75) is 30.3 Å². The largest absolute Gasteiger partial charge is 0.419 e. The van der Waals surface area contributed by atoms with Crippen LogP contribution in [0.25, 0.3) is 11.5 Å². The van der Waals surface area contributed by atoms with Gasteiger partial charge in [-0.15, -0.1) is 0 Å². The molecule has 0 radical (unpaired) electrons. The second-order valence-corrected chi connectivity index (χ2v) is 8.86. The number of rotatable bonds is 6. The van der Waals surface area contributed by atoms with Gasteiger partial charge in [0.15, 0.2) is 0 Å². The number of sulfone groups is 1. The van der Waals surface area contributed by atoms with Crippen LogP contribution in [0.15, 0.2) is 87.4 Å². The lowest BCUT2D eigenvalue weighted by molar-refractivity contribution is 0.576. The molecule has 0 fully saturated rings. The van der Waals surface area contributed by atoms with E-state index < -0.39 is 9.84 Å². The highest BCUT2D eigenvalue weighted by molar-refractivity contribution is 7.91. The number of aromatic nitrogens is 2. The van der Waals surface area contributed by atoms with Crippen LogP contribution in [0, 0.1) is 13.8 Å². The molecule has 0 unspecified atom stereocenters. The Morgan fingerprint density at radius 2 is 1.73 bits per heavy atom. The number of benzene rings is 2. The molecule has 2 aromatic carbocycles. The summed E-state index contributed by atoms with van der Waals surface area (Å²) in [6.45, 7) is 4.19. The maximum Gasteiger partial charge on any atom is 0.234 e. The van der Waals surface area contributed by atoms with Crippen LogP contribution in [0.1, 0.15) is 16.7 Å². The third kappa shape index (κ3) is 3.97. The first kappa shape index (κ1) is 19.8. The van der Waals surface area contributed by atoms with Crippen LogP contribution in [-0.2, 0) is 16.4 Å². The molecule has 30 heavy (non-hydrogen) atoms. The third-order valence-electron chi connectivity index (χ3n) is 4.73. The fraction of sp³-hybridized carbons (Fsp3) is 0.130. The normalized spacial score (nSPS) is 11.4. The smallest absolute Gasteiger partial charge is 0.234 e. The second kappa shape index (κ2) is 8.12. The van der Waals surface area contributed by atoms with Gasteiger partial charge in [0, 0.05) is 24.5 Å². The van der Waals surface area contributed by atoms with Crippen LogP contribution in [0.2, 0.25) is 0 Å². The Hall–Kier alpha value is -3.45. The summed E-state index contributed by atoms with van der Waals surface area (Å²) in [7, 11) is -3.87. The maximum atomic E-state index is 13.3. The molecule has 7 heteroatoms. The highest BCUT2D eigenvalue weighted by atomic mass is 32.2. The van der Waals surface area contributed by atoms with Crippen LogP contribution >= 0.6 is 0 Å². The topological polar surface area (TPSA) is 85.1 Å². The Balaban J connectivity index is 1.79. The van der Waals surface area contributed by atoms with E-state index in [0.717, 1.165) is 22.3 Å². The van der Waals surface area contributed by atoms with Crippen molar-refractivity contribution in [2.24, 2.45) is 0 Å². The van der Waals surface area contributed by atoms with Crippen LogP contribution in [0.4, 0.5) is 5.88 Å². The number of hydrogen-bond donors (Lipinski definition) is 1. The first-order valence-electron chi connectivity index (χ1n) is 9.46. The average Bonchev–Trinajstić information content (AvgIpc) is 3.18. The van der Waals surface area contributed by atoms with Gasteiger partial charge in [-0.1, -0.05) is 42.0 Å². The molecule has 0 aliphatic heterocycles. The van der Waals surface area contributed by atoms with E-state index in [9.17, 15) is 8.42 Å². The highest BCUT2D eigenvalue weighted by Crippen LogP contribution is 2.33. The molecule has 2 heterocycles. The Morgan fingerprint density at radius 3 is 2.43 bits per heavy atom. The molecule has 0 bridgehead atoms. The van der Waals surface area contributed by atoms with Gasteiger partial charge in [-0.05, 0) is 49.2 Å². The monoisotopic (exact) mass is 419 g/mol. The van der Waals surface area contributed by atoms with Gasteiger partial charge in [-0.2, -0.15) is 4.98 Å². The molecule has 4 aromatic rings. The summed E-state index contributed by atoms with van der Waals surface area (Å²) in [6, 6.07) is 18.0. The number of aryl methyl sites for hydroxylation is 2. The Kier molecular flexibility index (Phi) is 5.37. The predicted molar refractivity (Wildman–Crippen MR) is 115 cm³/mol. The molecule has 6 nitrogen and oxygen atoms in total. The van der Waals surface area contributed by atoms with Crippen molar-refractivity contribution in [1.82, 2.24) is 9.97 Å². The Bertz CT molecular complexity index is 1260. The molecular formula is C23H21N3O3S. The lowest BCUT2D eigenvalue weighted by atomic mass is 10.1. The quantitative estimate of drug-likeness (QED) is 0.483. The van der Waals surface area contributed by atoms with Gasteiger partial charge in [0.2, 0.25) is 26.6 Å². The van der Waals surface area contributed by atoms with E-state index >= 15 is 0 Å². The third-order valence-corrected chi connectivity index (χ3v) is 6.41. The molecule has 2 aromatic heterocycles. The van der Waals surface area contributed by atoms with Crippen LogP contribution in [-0.4, -0.2) is 18.4 Å². The molecule has 0 amide bonds. The summed E-state index contributed by atoms with van der Waals surface area (Å²) in [6.07, 6.45) is 3.39. The van der Waals surface area contributed by atoms with Gasteiger partial charge in [-0.3, -0.25) is 4.98 Å². The van der Waals surface area contributed by atoms with Crippen molar-refractivity contribution in [2.75, 3.05) is 5.32 Å². The van der Waals surface area contributed by atoms with E-state index in [1.807, 2.05) is 50.2 Å². The fourth-order valence-electron chi connectivity index (χ4n) is 3.04. The first-order chi connectivity index (χ1) is 14.4. The molecule has 0 aliphatic rings. The number of pyridine rings is 1. The van der Waals surface area contributed by atoms with Crippen LogP contribution in [0.3, 0.4) is 0 Å². The van der Waals surface area contributed by atoms with Crippen molar-refractivity contribution in [1.29, 1.82) is 0 Å². The van der Waals surface area contributed by atoms with E-state index in [-0.39, 0.29) is 21.7 Å². The zero-order chi connectivity index (χ0) is 21.1. The summed E-state index contributed by atoms with van der Waals surface area (Å²) in [5.74, 6) is 0.366. The van der Waals surface area contributed by atoms with Crippen molar-refractivity contribution in [3.05, 3.63) is 89.7 Å². The number of nitrogens with one attached hydrogen (secondary N) is 1. The number of hydrogen-bond acceptors (Lipinski definition) is 6. The maximum absolute atomic E-state index is 13.3. The Morgan fingerprint density at radius 1 is 0.967 bits per heavy atom. The molecule has 152 valence electrons. The SMILES string of the molecule is Cc1ccc(S(=O)(=O)c2nc(-c3ccccc3C)oc2NCc2cccnc2)cc1. The van der Waals surface area contributed by atoms with Gasteiger partial charge < -0.3 is 9.73 Å². The number of nitrogens with zero attached hydrogens (tertiary/aromatic N) is 2. The minimum atomic E-state index is -3.87. The van der Waals surface area contributed by atoms with E-state index in [2.05, 4.69) is 15.3 Å². The Labute approximate surface area is 175 Å². The molecule has 0 saturated heterocycles. The zero-order valence-corrected chi connectivity index (χ0v) is 17.5. The minimum absolute atomic E-state index is 0.109. The van der Waals surface area contributed by atoms with Crippen molar-refractivity contribution < 1.29 is 12.8 Å². The summed E-state index contributed by atoms with van der Waals surface area (Å²) in [5.41, 5.74) is 3.55. The average molecular weight is 420 g/mol. The van der Waals surface area contributed by atoms with E-state index in [1.165, 1.54) is 0 Å². The van der Waals surface area contributed by atoms with Gasteiger partial charge in [0.05, 0.1) is 4.90 Å². The minimum Gasteiger partial charge on any atom is -0.419 e. The van der Waals surface area contributed by atoms with E-state index in [0.29, 0.717) is 6.54 Å². The lowest BCUT2D eigenvalue weighted by Crippen LogP contribution is -2.07. The number of oxazole rings is 1. The van der Waals surface area contributed by atoms with Gasteiger partial charge in [-0.25, -0.2) is 8.42 Å². The standard InChI is InChI=1S/C23H21N3O3S/c1-16-9-11-19(12-10-16)30(27,28)23-22(25-15-18-7-5-13-24-14-18)29-21(26-23)20-8-4-3-6-17(20)2/h3-14,25H,15H2,1-2H3. The molecule has 0 spiro atoms. The molecule has 4 rings (SSSR count). The summed E-state index contributed by atoms with van der Waals surface area (Å²) in [4.78, 5) is 8.64. The van der Waals surface area contributed by atoms with Crippen molar-refractivity contribution in [3.63, 3.8) is 0 Å². The number of anilines is 1. The van der Waals surface area contributed by atoms with Crippen molar-refractivity contribution in [3.8, 4) is 11.5 Å². The zero-order valence-electron chi connectivity index (χ0n) is 16.7. The van der Waals surface area contributed by atoms with Gasteiger partial charge in [0.25, 0.3) is 0 Å². The summed E-state index contributed by atoms with van der Waals surface area (Å²) >= 11 is 0. The van der Waals surface area contributed by atoms with E-state index in [4.69, 9.17) is 4.42 Å². The predicted octanol–water partition coefficient (Wildman–Crippen LogP) is 4.80. The highest BCUT2D eigenvalue weighted by Gasteiger charge is 2.28. The van der Waals surface area contributed by atoms with Gasteiger partial charge in [0.1, 0.15) is 0 Å². The summed E-state index contributed by atoms with van der Waals surface area (Å²) < 4.78 is 32.6. The molecule has 0 aliphatic carbocycles. The van der Waals surface area contributed by atoms with Crippen molar-refractivity contribution >= 4 is 15.7 Å².